The molecular weight excluding hydrogens is 374 g/mol. The molecule has 0 fully saturated rings. The van der Waals surface area contributed by atoms with Crippen LogP contribution in [0.4, 0.5) is 5.69 Å². The number of anilines is 1. The van der Waals surface area contributed by atoms with Gasteiger partial charge in [0.1, 0.15) is 5.69 Å². The second kappa shape index (κ2) is 9.19. The van der Waals surface area contributed by atoms with Crippen molar-refractivity contribution in [3.63, 3.8) is 0 Å². The van der Waals surface area contributed by atoms with E-state index in [-0.39, 0.29) is 5.91 Å². The fourth-order valence-electron chi connectivity index (χ4n) is 2.83. The van der Waals surface area contributed by atoms with Crippen LogP contribution in [0.25, 0.3) is 11.3 Å². The van der Waals surface area contributed by atoms with Crippen molar-refractivity contribution in [1.29, 1.82) is 0 Å². The van der Waals surface area contributed by atoms with Gasteiger partial charge in [-0.05, 0) is 43.7 Å². The first kappa shape index (κ1) is 19.6. The third-order valence-electron chi connectivity index (χ3n) is 4.37. The Kier molecular flexibility index (Phi) is 6.45. The van der Waals surface area contributed by atoms with E-state index in [4.69, 9.17) is 11.6 Å². The van der Waals surface area contributed by atoms with Gasteiger partial charge in [-0.1, -0.05) is 41.9 Å². The van der Waals surface area contributed by atoms with Gasteiger partial charge in [0.15, 0.2) is 0 Å². The summed E-state index contributed by atoms with van der Waals surface area (Å²) in [6.07, 6.45) is 1.61. The van der Waals surface area contributed by atoms with Crippen LogP contribution in [0.15, 0.2) is 59.7 Å². The molecule has 0 spiro atoms. The Morgan fingerprint density at radius 1 is 1.18 bits per heavy atom. The highest BCUT2D eigenvalue weighted by Crippen LogP contribution is 2.26. The topological polar surface area (TPSA) is 73.4 Å². The van der Waals surface area contributed by atoms with Crippen molar-refractivity contribution in [1.82, 2.24) is 15.6 Å². The lowest BCUT2D eigenvalue weighted by atomic mass is 10.1. The fourth-order valence-corrected chi connectivity index (χ4v) is 3.06. The van der Waals surface area contributed by atoms with E-state index < -0.39 is 0 Å². The van der Waals surface area contributed by atoms with Crippen LogP contribution in [-0.2, 0) is 0 Å². The Morgan fingerprint density at radius 2 is 1.89 bits per heavy atom. The number of H-pyrrole nitrogens is 1. The number of rotatable bonds is 7. The molecule has 2 N–H and O–H groups in total. The minimum atomic E-state index is -0.373. The Morgan fingerprint density at radius 3 is 2.57 bits per heavy atom. The molecule has 0 atom stereocenters. The van der Waals surface area contributed by atoms with Crippen LogP contribution in [0.3, 0.4) is 0 Å². The average Bonchev–Trinajstić information content (AvgIpc) is 3.20. The summed E-state index contributed by atoms with van der Waals surface area (Å²) < 4.78 is 0. The van der Waals surface area contributed by atoms with Crippen LogP contribution in [0.5, 0.6) is 0 Å². The maximum absolute atomic E-state index is 12.2. The predicted molar refractivity (Wildman–Crippen MR) is 114 cm³/mol. The lowest BCUT2D eigenvalue weighted by Gasteiger charge is -2.20. The first-order chi connectivity index (χ1) is 13.6. The van der Waals surface area contributed by atoms with E-state index in [0.717, 1.165) is 29.9 Å². The van der Waals surface area contributed by atoms with Crippen molar-refractivity contribution >= 4 is 29.4 Å². The molecule has 0 unspecified atom stereocenters. The molecule has 2 aromatic carbocycles. The first-order valence-electron chi connectivity index (χ1n) is 9.11. The largest absolute Gasteiger partial charge is 0.372 e. The number of hydrogen-bond donors (Lipinski definition) is 2. The molecule has 144 valence electrons. The van der Waals surface area contributed by atoms with Gasteiger partial charge >= 0.3 is 0 Å². The summed E-state index contributed by atoms with van der Waals surface area (Å²) in [4.78, 5) is 14.5. The molecule has 0 aliphatic heterocycles. The fraction of sp³-hybridized carbons (Fsp3) is 0.190. The lowest BCUT2D eigenvalue weighted by molar-refractivity contribution is 0.0950. The maximum atomic E-state index is 12.2. The van der Waals surface area contributed by atoms with E-state index in [2.05, 4.69) is 39.5 Å². The van der Waals surface area contributed by atoms with Crippen molar-refractivity contribution in [2.24, 2.45) is 5.10 Å². The standard InChI is InChI=1S/C21H22ClN5O/c1-3-27(4-2)16-11-9-15(10-12-16)14-23-26-21(28)20-13-19(24-25-20)17-7-5-6-8-18(17)22/h5-14H,3-4H2,1-2H3,(H,24,25)(H,26,28)/b23-14+. The van der Waals surface area contributed by atoms with E-state index in [0.29, 0.717) is 16.4 Å². The van der Waals surface area contributed by atoms with Gasteiger partial charge in [0.2, 0.25) is 0 Å². The minimum absolute atomic E-state index is 0.309. The van der Waals surface area contributed by atoms with E-state index in [1.807, 2.05) is 42.5 Å². The molecular formula is C21H22ClN5O. The number of aromatic nitrogens is 2. The Hall–Kier alpha value is -3.12. The van der Waals surface area contributed by atoms with E-state index in [1.165, 1.54) is 0 Å². The number of benzene rings is 2. The molecule has 0 saturated heterocycles. The van der Waals surface area contributed by atoms with Crippen LogP contribution < -0.4 is 10.3 Å². The molecule has 0 aliphatic rings. The molecule has 1 heterocycles. The van der Waals surface area contributed by atoms with Crippen LogP contribution in [-0.4, -0.2) is 35.4 Å². The number of carbonyl (C=O) groups is 1. The van der Waals surface area contributed by atoms with Crippen molar-refractivity contribution in [2.45, 2.75) is 13.8 Å². The molecule has 28 heavy (non-hydrogen) atoms. The third-order valence-corrected chi connectivity index (χ3v) is 4.70. The zero-order chi connectivity index (χ0) is 19.9. The molecule has 1 aromatic heterocycles. The molecule has 1 amide bonds. The van der Waals surface area contributed by atoms with E-state index in [1.54, 1.807) is 18.3 Å². The Labute approximate surface area is 169 Å². The number of hydrogen-bond acceptors (Lipinski definition) is 4. The van der Waals surface area contributed by atoms with Gasteiger partial charge in [-0.25, -0.2) is 5.43 Å². The highest BCUT2D eigenvalue weighted by molar-refractivity contribution is 6.33. The normalized spacial score (nSPS) is 11.0. The van der Waals surface area contributed by atoms with Crippen molar-refractivity contribution < 1.29 is 4.79 Å². The van der Waals surface area contributed by atoms with Gasteiger partial charge in [0.05, 0.1) is 16.9 Å². The SMILES string of the molecule is CCN(CC)c1ccc(/C=N/NC(=O)c2cc(-c3ccccc3Cl)n[nH]2)cc1. The van der Waals surface area contributed by atoms with Crippen molar-refractivity contribution in [3.05, 3.63) is 70.9 Å². The molecule has 3 aromatic rings. The maximum Gasteiger partial charge on any atom is 0.289 e. The monoisotopic (exact) mass is 395 g/mol. The average molecular weight is 396 g/mol. The number of amides is 1. The highest BCUT2D eigenvalue weighted by atomic mass is 35.5. The van der Waals surface area contributed by atoms with Gasteiger partial charge in [0.25, 0.3) is 5.91 Å². The number of nitrogens with one attached hydrogen (secondary N) is 2. The summed E-state index contributed by atoms with van der Waals surface area (Å²) in [5, 5.41) is 11.5. The summed E-state index contributed by atoms with van der Waals surface area (Å²) in [5.41, 5.74) is 6.24. The molecule has 7 heteroatoms. The van der Waals surface area contributed by atoms with Crippen LogP contribution >= 0.6 is 11.6 Å². The molecule has 0 saturated carbocycles. The van der Waals surface area contributed by atoms with Crippen LogP contribution in [0.2, 0.25) is 5.02 Å². The zero-order valence-electron chi connectivity index (χ0n) is 15.8. The predicted octanol–water partition coefficient (Wildman–Crippen LogP) is 4.34. The summed E-state index contributed by atoms with van der Waals surface area (Å²) in [6, 6.07) is 17.0. The summed E-state index contributed by atoms with van der Waals surface area (Å²) in [6.45, 7) is 6.17. The Balaban J connectivity index is 1.62. The highest BCUT2D eigenvalue weighted by Gasteiger charge is 2.12. The number of halogens is 1. The van der Waals surface area contributed by atoms with Gasteiger partial charge in [-0.2, -0.15) is 10.2 Å². The number of hydrazone groups is 1. The van der Waals surface area contributed by atoms with E-state index in [9.17, 15) is 4.79 Å². The molecule has 6 nitrogen and oxygen atoms in total. The van der Waals surface area contributed by atoms with Crippen molar-refractivity contribution in [2.75, 3.05) is 18.0 Å². The lowest BCUT2D eigenvalue weighted by Crippen LogP contribution is -2.21. The number of nitrogens with zero attached hydrogens (tertiary/aromatic N) is 3. The van der Waals surface area contributed by atoms with Gasteiger partial charge < -0.3 is 4.90 Å². The minimum Gasteiger partial charge on any atom is -0.372 e. The van der Waals surface area contributed by atoms with Crippen LogP contribution in [0, 0.1) is 0 Å². The second-order valence-electron chi connectivity index (χ2n) is 6.11. The summed E-state index contributed by atoms with van der Waals surface area (Å²) in [5.74, 6) is -0.373. The van der Waals surface area contributed by atoms with Crippen molar-refractivity contribution in [3.8, 4) is 11.3 Å². The van der Waals surface area contributed by atoms with Gasteiger partial charge in [0, 0.05) is 24.3 Å². The summed E-state index contributed by atoms with van der Waals surface area (Å²) in [7, 11) is 0. The number of carbonyl (C=O) groups excluding carboxylic acids is 1. The quantitative estimate of drug-likeness (QED) is 0.461. The number of aromatic amines is 1. The van der Waals surface area contributed by atoms with Gasteiger partial charge in [-0.3, -0.25) is 9.89 Å². The first-order valence-corrected chi connectivity index (χ1v) is 9.49. The van der Waals surface area contributed by atoms with Crippen LogP contribution in [0.1, 0.15) is 29.9 Å². The zero-order valence-corrected chi connectivity index (χ0v) is 16.6. The second-order valence-corrected chi connectivity index (χ2v) is 6.52. The van der Waals surface area contributed by atoms with E-state index >= 15 is 0 Å². The molecule has 3 rings (SSSR count). The van der Waals surface area contributed by atoms with Gasteiger partial charge in [-0.15, -0.1) is 0 Å². The third kappa shape index (κ3) is 4.58. The molecule has 0 bridgehead atoms. The summed E-state index contributed by atoms with van der Waals surface area (Å²) >= 11 is 6.17. The Bertz CT molecular complexity index is 961. The molecule has 0 radical (unpaired) electrons. The molecule has 0 aliphatic carbocycles. The smallest absolute Gasteiger partial charge is 0.289 e.